The number of aliphatic hydroxyl groups is 6. The number of allylic oxidation sites excluding steroid dienone is 4. The van der Waals surface area contributed by atoms with Gasteiger partial charge in [-0.05, 0) is 127 Å². The number of nitrogens with zero attached hydrogens (tertiary/aromatic N) is 12. The summed E-state index contributed by atoms with van der Waals surface area (Å²) in [6.07, 6.45) is 52.6. The van der Waals surface area contributed by atoms with Gasteiger partial charge in [0.15, 0.2) is 0 Å². The molecule has 6 unspecified atom stereocenters. The second kappa shape index (κ2) is 99.6. The van der Waals surface area contributed by atoms with Crippen molar-refractivity contribution in [2.24, 2.45) is 35.5 Å². The topological polar surface area (TPSA) is 478 Å². The number of ether oxygens (including phenoxy) is 6. The van der Waals surface area contributed by atoms with Crippen LogP contribution in [0.15, 0.2) is 102 Å². The summed E-state index contributed by atoms with van der Waals surface area (Å²) in [4.78, 5) is 138. The molecule has 36 nitrogen and oxygen atoms in total. The molecule has 48 heteroatoms. The van der Waals surface area contributed by atoms with Gasteiger partial charge in [0.05, 0.1) is 76.3 Å². The molecule has 6 aromatic rings. The molecule has 0 aromatic carbocycles. The van der Waals surface area contributed by atoms with E-state index in [1.54, 1.807) is 12.4 Å². The fraction of sp³-hybridized carbons (Fsp3) is 0.531. The van der Waals surface area contributed by atoms with Crippen molar-refractivity contribution >= 4 is 59.8 Å². The van der Waals surface area contributed by atoms with Gasteiger partial charge in [0.25, 0.3) is 34.1 Å². The first-order valence-electron chi connectivity index (χ1n) is 48.1. The van der Waals surface area contributed by atoms with E-state index in [0.717, 1.165) is 24.0 Å². The number of ketones is 2. The van der Waals surface area contributed by atoms with E-state index in [1.165, 1.54) is 159 Å². The third-order valence-electron chi connectivity index (χ3n) is 19.1. The van der Waals surface area contributed by atoms with Crippen LogP contribution in [0.1, 0.15) is 264 Å². The third kappa shape index (κ3) is 61.0. The zero-order valence-corrected chi connectivity index (χ0v) is 116. The summed E-state index contributed by atoms with van der Waals surface area (Å²) >= 11 is 0. The Hall–Kier alpha value is 0.273. The molecule has 0 saturated carbocycles. The Morgan fingerprint density at radius 3 is 0.630 bits per heavy atom. The standard InChI is InChI=1S/2C15H19N3O4.2C14H16N2O4.2C14H18N2O3.12CH4.6W.6Y/c2*1-3-16-13(20)5-4-11-7-17-15(21)18(8-11)14-6-10(2)12(9-19)22-14;2*1-9-5-13(20-12(9)8-17)16-7-11(4-3-10(2)18)6-15-14(16)19;2*1-3-4-5-11-7-15-14(18)16(8-11)13-6-10(2)12(9-17)19-13;;;;;;;;;;;;;;;;;;;;;;;;/h2*4-6,8,10,12,14,19H,3,9H2,1-2H3,(H,16,20);2*3-5,7,9,12-13,17H,8H2,1-2H3;2*4-6,8,10,12-13,17H,3,9H2,1-2H3;12*1H4;;;;;;;;;;;;/q6*-2;;;;;;;;;;;;;;;;;;;;;;;;/b2*5-4+;2*4-3+;2*5-4+;;;;;;;;;;;;;;;;;;;;;;;;/t2*10?,12-,14-;2*9?,12-,13-;2*10?,12-,13-;;;;;;;;;;;;;;;;;;;;;;;;/m111111......................../s1/i2*19D;4*17D;6*1T;;;;;;;;;;;;;;;;;;. The zero-order chi connectivity index (χ0) is 106. The van der Waals surface area contributed by atoms with Gasteiger partial charge in [0.1, 0.15) is 11.6 Å². The van der Waals surface area contributed by atoms with Gasteiger partial charge in [0.2, 0.25) is 20.4 Å². The van der Waals surface area contributed by atoms with E-state index < -0.39 is 71.5 Å². The molecule has 12 heterocycles. The van der Waals surface area contributed by atoms with E-state index in [-0.39, 0.29) is 502 Å². The minimum atomic E-state index is -0.587. The molecule has 6 aliphatic rings. The van der Waals surface area contributed by atoms with Gasteiger partial charge in [-0.3, -0.25) is 57.7 Å². The molecular weight excluding hydrogens is 3360 g/mol. The van der Waals surface area contributed by atoms with Gasteiger partial charge in [-0.25, -0.2) is 0 Å². The average molecular weight is 3530 g/mol. The van der Waals surface area contributed by atoms with Gasteiger partial charge in [-0.1, -0.05) is 194 Å². The van der Waals surface area contributed by atoms with E-state index >= 15 is 0 Å². The summed E-state index contributed by atoms with van der Waals surface area (Å²) in [5.74, 6) is -0.289. The molecule has 18 atom stereocenters. The Bertz CT molecular complexity index is 4920. The van der Waals surface area contributed by atoms with Crippen LogP contribution in [0.4, 0.5) is 0 Å². The Balaban J connectivity index is -0.0000000892. The summed E-state index contributed by atoms with van der Waals surface area (Å²) < 4.78 is 118. The maximum atomic E-state index is 11.9. The van der Waals surface area contributed by atoms with E-state index in [2.05, 4.69) is 108 Å². The van der Waals surface area contributed by atoms with Crippen molar-refractivity contribution in [2.45, 2.75) is 259 Å². The molecule has 8 N–H and O–H groups in total. The summed E-state index contributed by atoms with van der Waals surface area (Å²) in [6.45, 7) is 24.1. The summed E-state index contributed by atoms with van der Waals surface area (Å²) in [5, 5.41) is 31.4. The number of hydrogen-bond acceptors (Lipinski definition) is 28. The number of aliphatic hydroxyl groups excluding tert-OH is 6. The molecule has 814 valence electrons. The average Bonchev–Trinajstić information content (AvgIpc) is 1.65. The maximum absolute atomic E-state index is 11.9. The molecule has 6 aliphatic heterocycles. The minimum Gasteiger partial charge on any atom is -0.394 e. The summed E-state index contributed by atoms with van der Waals surface area (Å²) in [5.41, 5.74) is 0.672. The van der Waals surface area contributed by atoms with Gasteiger partial charge in [-0.2, -0.15) is 0 Å². The molecule has 6 saturated heterocycles. The van der Waals surface area contributed by atoms with E-state index in [9.17, 15) is 47.9 Å². The first kappa shape index (κ1) is 157. The van der Waals surface area contributed by atoms with Crippen molar-refractivity contribution in [3.05, 3.63) is 246 Å². The maximum Gasteiger partial charge on any atom is 0.260 e. The second-order valence-corrected chi connectivity index (χ2v) is 28.7. The fourth-order valence-corrected chi connectivity index (χ4v) is 12.2. The zero-order valence-electron chi connectivity index (χ0n) is 93.6. The molecule has 0 bridgehead atoms. The van der Waals surface area contributed by atoms with Crippen molar-refractivity contribution in [1.29, 1.82) is 8.59 Å². The smallest absolute Gasteiger partial charge is 0.260 e. The number of aromatic nitrogens is 12. The number of hydrogen-bond donors (Lipinski definition) is 8. The van der Waals surface area contributed by atoms with Crippen LogP contribution >= 0.6 is 0 Å². The normalized spacial score (nSPS) is 22.6. The van der Waals surface area contributed by atoms with Crippen LogP contribution in [0.2, 0.25) is 0 Å². The molecule has 12 rings (SSSR count). The molecule has 2 amide bonds. The molecule has 0 spiro atoms. The second-order valence-electron chi connectivity index (χ2n) is 28.7. The van der Waals surface area contributed by atoms with E-state index in [1.807, 2.05) is 132 Å². The van der Waals surface area contributed by atoms with Crippen LogP contribution < -0.4 is 44.8 Å². The van der Waals surface area contributed by atoms with Crippen LogP contribution in [0.25, 0.3) is 36.5 Å². The quantitative estimate of drug-likeness (QED) is 0.0144. The van der Waals surface area contributed by atoms with Crippen molar-refractivity contribution in [3.8, 4) is 0 Å². The largest absolute Gasteiger partial charge is 0.394 e. The van der Waals surface area contributed by atoms with Crippen LogP contribution in [-0.4, -0.2) is 209 Å². The first-order valence-corrected chi connectivity index (χ1v) is 39.6. The Labute approximate surface area is 1120 Å². The van der Waals surface area contributed by atoms with Crippen molar-refractivity contribution < 1.29 is 409 Å². The predicted molar refractivity (Wildman–Crippen MR) is 525 cm³/mol. The van der Waals surface area contributed by atoms with Crippen LogP contribution in [0.3, 0.4) is 0 Å². The third-order valence-corrected chi connectivity index (χ3v) is 19.1. The van der Waals surface area contributed by atoms with E-state index in [0.29, 0.717) is 35.3 Å². The minimum absolute atomic E-state index is 0. The van der Waals surface area contributed by atoms with Crippen LogP contribution in [-0.2, 0) is 370 Å². The number of likely N-dealkylation sites (N-methyl/N-ethyl adjacent to an activating group) is 2. The Kier molecular flexibility index (Phi) is 107. The number of carbonyl (C=O) groups excluding carboxylic acids is 4. The number of amides is 2. The van der Waals surface area contributed by atoms with Crippen LogP contribution in [0.5, 0.6) is 0 Å². The molecule has 0 aliphatic carbocycles. The fourth-order valence-electron chi connectivity index (χ4n) is 12.2. The SMILES string of the molecule is C.C.C.C.C.C.[2H]OC[C@H]1O[C@@H](n2cc(/C=C/C(=O)NCC)[c-]nc2=O)[CH-]C1C.[2H]OC[C@H]1O[C@@H](n2cc(/C=C/C(=O)NCC)[c-]nc2=O)[CH-]C1C.[2H]OC[C@H]1O[C@@H](n2cc(/C=C/C(C)=O)[c-]nc2=O)[CH-]C1C.[2H]OC[C@H]1O[C@@H](n2cc(/C=C/C(C)=O)[c-]nc2=O)[CH-]C1C.[2H]OC[C@H]1O[C@@H](n2cc(/C=C/CC)[c-]nc2=O)[CH-]C1C.[2H]OC[C@H]1O[C@@H](n2cc(/C=C/CC)[c-]nc2=O)[CH-]C1C.[3H]C.[3H]C.[3H]C.[3H]C.[3H]C.[3H]C.[W].[W].[W].[W].[W].[W].[Y].[Y].[Y].[Y].[Y].[Y]. The van der Waals surface area contributed by atoms with E-state index in [4.69, 9.17) is 45.2 Å². The molecule has 6 fully saturated rings. The molecule has 146 heavy (non-hydrogen) atoms. The Morgan fingerprint density at radius 2 is 0.486 bits per heavy atom. The van der Waals surface area contributed by atoms with Gasteiger partial charge < -0.3 is 156 Å². The number of nitrogens with one attached hydrogen (secondary N) is 2. The monoisotopic (exact) mass is 3530 g/mol. The molecule has 6 radical (unpaired) electrons. The summed E-state index contributed by atoms with van der Waals surface area (Å²) in [6, 6.07) is 0. The van der Waals surface area contributed by atoms with Gasteiger partial charge in [0, 0.05) is 344 Å². The van der Waals surface area contributed by atoms with Gasteiger partial charge in [-0.15, -0.1) is 117 Å². The molecule has 6 aromatic heterocycles. The van der Waals surface area contributed by atoms with Crippen LogP contribution in [0, 0.1) is 111 Å². The van der Waals surface area contributed by atoms with Crippen molar-refractivity contribution in [2.75, 3.05) is 52.7 Å². The van der Waals surface area contributed by atoms with Crippen molar-refractivity contribution in [3.63, 3.8) is 0 Å². The molecular formula is C98H154N14O22W6Y6-12. The first-order chi connectivity index (χ1) is 67.4. The predicted octanol–water partition coefficient (Wildman–Crippen LogP) is 10.6. The number of carbonyl (C=O) groups is 4. The van der Waals surface area contributed by atoms with Gasteiger partial charge >= 0.3 is 0 Å². The Morgan fingerprint density at radius 1 is 0.329 bits per heavy atom. The summed E-state index contributed by atoms with van der Waals surface area (Å²) in [7, 11) is 7.50. The number of rotatable bonds is 32. The van der Waals surface area contributed by atoms with Crippen molar-refractivity contribution in [1.82, 2.24) is 67.9 Å².